The Morgan fingerprint density at radius 1 is 1.43 bits per heavy atom. The fraction of sp³-hybridized carbons (Fsp3) is 0.500. The Hall–Kier alpha value is -1.88. The molecule has 1 heterocycles. The van der Waals surface area contributed by atoms with Gasteiger partial charge in [-0.1, -0.05) is 25.1 Å². The van der Waals surface area contributed by atoms with E-state index in [9.17, 15) is 9.59 Å². The number of benzene rings is 1. The number of rotatable bonds is 5. The third kappa shape index (κ3) is 3.42. The predicted octanol–water partition coefficient (Wildman–Crippen LogP) is 1.60. The average Bonchev–Trinajstić information content (AvgIpc) is 2.49. The van der Waals surface area contributed by atoms with Crippen LogP contribution in [0.15, 0.2) is 24.3 Å². The molecule has 2 amide bonds. The third-order valence-corrected chi connectivity index (χ3v) is 3.82. The highest BCUT2D eigenvalue weighted by molar-refractivity contribution is 5.96. The van der Waals surface area contributed by atoms with Crippen LogP contribution in [0.1, 0.15) is 38.3 Å². The smallest absolute Gasteiger partial charge is 0.236 e. The van der Waals surface area contributed by atoms with Crippen LogP contribution in [0.25, 0.3) is 0 Å². The Bertz CT molecular complexity index is 530. The molecule has 0 fully saturated rings. The van der Waals surface area contributed by atoms with Gasteiger partial charge >= 0.3 is 0 Å². The van der Waals surface area contributed by atoms with Crippen LogP contribution >= 0.6 is 0 Å². The fourth-order valence-electron chi connectivity index (χ4n) is 2.57. The lowest BCUT2D eigenvalue weighted by Crippen LogP contribution is -2.46. The maximum absolute atomic E-state index is 12.1. The van der Waals surface area contributed by atoms with Crippen LogP contribution in [0, 0.1) is 0 Å². The van der Waals surface area contributed by atoms with Crippen molar-refractivity contribution in [1.29, 1.82) is 0 Å². The number of nitrogens with one attached hydrogen (secondary N) is 2. The summed E-state index contributed by atoms with van der Waals surface area (Å²) in [6, 6.07) is 7.37. The van der Waals surface area contributed by atoms with Gasteiger partial charge in [0, 0.05) is 31.7 Å². The van der Waals surface area contributed by atoms with Crippen molar-refractivity contribution in [2.24, 2.45) is 0 Å². The van der Waals surface area contributed by atoms with Crippen molar-refractivity contribution < 1.29 is 9.59 Å². The number of carbonyl (C=O) groups is 2. The quantitative estimate of drug-likeness (QED) is 0.865. The number of hydrogen-bond acceptors (Lipinski definition) is 3. The monoisotopic (exact) mass is 289 g/mol. The number of amides is 2. The van der Waals surface area contributed by atoms with E-state index in [1.165, 1.54) is 0 Å². The summed E-state index contributed by atoms with van der Waals surface area (Å²) in [6.07, 6.45) is 1.28. The molecule has 114 valence electrons. The largest absolute Gasteiger partial charge is 0.355 e. The molecule has 0 saturated heterocycles. The zero-order chi connectivity index (χ0) is 15.4. The van der Waals surface area contributed by atoms with Gasteiger partial charge in [0.15, 0.2) is 0 Å². The van der Waals surface area contributed by atoms with Crippen LogP contribution in [0.5, 0.6) is 0 Å². The SMILES string of the molecule is CCCNC(=O)C(C)NC1CC(=O)N(C)c2ccccc21. The van der Waals surface area contributed by atoms with Gasteiger partial charge in [-0.2, -0.15) is 0 Å². The van der Waals surface area contributed by atoms with Crippen molar-refractivity contribution in [3.8, 4) is 0 Å². The number of nitrogens with zero attached hydrogens (tertiary/aromatic N) is 1. The molecule has 0 saturated carbocycles. The maximum atomic E-state index is 12.1. The Balaban J connectivity index is 2.12. The molecule has 2 unspecified atom stereocenters. The summed E-state index contributed by atoms with van der Waals surface area (Å²) in [6.45, 7) is 4.52. The third-order valence-electron chi connectivity index (χ3n) is 3.82. The van der Waals surface area contributed by atoms with Crippen LogP contribution in [0.2, 0.25) is 0 Å². The van der Waals surface area contributed by atoms with E-state index in [0.29, 0.717) is 13.0 Å². The number of fused-ring (bicyclic) bond motifs is 1. The van der Waals surface area contributed by atoms with Gasteiger partial charge in [0.25, 0.3) is 0 Å². The van der Waals surface area contributed by atoms with Crippen LogP contribution in [0.4, 0.5) is 5.69 Å². The first kappa shape index (κ1) is 15.5. The van der Waals surface area contributed by atoms with Gasteiger partial charge in [-0.25, -0.2) is 0 Å². The van der Waals surface area contributed by atoms with Crippen molar-refractivity contribution in [3.63, 3.8) is 0 Å². The summed E-state index contributed by atoms with van der Waals surface area (Å²) < 4.78 is 0. The molecule has 5 nitrogen and oxygen atoms in total. The van der Waals surface area contributed by atoms with E-state index in [2.05, 4.69) is 10.6 Å². The summed E-state index contributed by atoms with van der Waals surface area (Å²) >= 11 is 0. The minimum atomic E-state index is -0.328. The lowest BCUT2D eigenvalue weighted by Gasteiger charge is -2.33. The molecule has 5 heteroatoms. The number of carbonyl (C=O) groups excluding carboxylic acids is 2. The van der Waals surface area contributed by atoms with Gasteiger partial charge in [0.1, 0.15) is 0 Å². The molecule has 0 aliphatic carbocycles. The van der Waals surface area contributed by atoms with Crippen LogP contribution in [-0.2, 0) is 9.59 Å². The Morgan fingerprint density at radius 2 is 2.14 bits per heavy atom. The Labute approximate surface area is 125 Å². The highest BCUT2D eigenvalue weighted by atomic mass is 16.2. The second kappa shape index (κ2) is 6.72. The average molecular weight is 289 g/mol. The number of anilines is 1. The minimum Gasteiger partial charge on any atom is -0.355 e. The first-order valence-electron chi connectivity index (χ1n) is 7.43. The van der Waals surface area contributed by atoms with E-state index < -0.39 is 0 Å². The molecule has 0 aromatic heterocycles. The second-order valence-corrected chi connectivity index (χ2v) is 5.45. The standard InChI is InChI=1S/C16H23N3O2/c1-4-9-17-16(21)11(2)18-13-10-15(20)19(3)14-8-6-5-7-12(13)14/h5-8,11,13,18H,4,9-10H2,1-3H3,(H,17,21). The molecule has 0 bridgehead atoms. The maximum Gasteiger partial charge on any atom is 0.236 e. The molecule has 2 atom stereocenters. The first-order chi connectivity index (χ1) is 10.0. The summed E-state index contributed by atoms with van der Waals surface area (Å²) in [5.74, 6) is 0.0353. The van der Waals surface area contributed by atoms with Gasteiger partial charge in [-0.15, -0.1) is 0 Å². The topological polar surface area (TPSA) is 61.4 Å². The van der Waals surface area contributed by atoms with Crippen molar-refractivity contribution >= 4 is 17.5 Å². The van der Waals surface area contributed by atoms with E-state index in [-0.39, 0.29) is 23.9 Å². The zero-order valence-corrected chi connectivity index (χ0v) is 12.8. The lowest BCUT2D eigenvalue weighted by molar-refractivity contribution is -0.124. The zero-order valence-electron chi connectivity index (χ0n) is 12.8. The Morgan fingerprint density at radius 3 is 2.86 bits per heavy atom. The van der Waals surface area contributed by atoms with Crippen LogP contribution in [0.3, 0.4) is 0 Å². The summed E-state index contributed by atoms with van der Waals surface area (Å²) in [7, 11) is 1.79. The molecule has 1 aromatic rings. The summed E-state index contributed by atoms with van der Waals surface area (Å²) in [4.78, 5) is 25.7. The molecular formula is C16H23N3O2. The molecule has 2 rings (SSSR count). The van der Waals surface area contributed by atoms with E-state index >= 15 is 0 Å². The molecule has 2 N–H and O–H groups in total. The summed E-state index contributed by atoms with van der Waals surface area (Å²) in [5, 5.41) is 6.14. The number of para-hydroxylation sites is 1. The van der Waals surface area contributed by atoms with E-state index in [1.807, 2.05) is 38.1 Å². The van der Waals surface area contributed by atoms with Crippen LogP contribution < -0.4 is 15.5 Å². The second-order valence-electron chi connectivity index (χ2n) is 5.45. The molecule has 0 radical (unpaired) electrons. The molecular weight excluding hydrogens is 266 g/mol. The molecule has 0 spiro atoms. The first-order valence-corrected chi connectivity index (χ1v) is 7.43. The van der Waals surface area contributed by atoms with Crippen molar-refractivity contribution in [1.82, 2.24) is 10.6 Å². The lowest BCUT2D eigenvalue weighted by atomic mass is 9.95. The van der Waals surface area contributed by atoms with Crippen molar-refractivity contribution in [3.05, 3.63) is 29.8 Å². The van der Waals surface area contributed by atoms with Gasteiger partial charge < -0.3 is 10.2 Å². The van der Waals surface area contributed by atoms with Gasteiger partial charge in [-0.05, 0) is 25.0 Å². The van der Waals surface area contributed by atoms with Crippen LogP contribution in [-0.4, -0.2) is 31.4 Å². The fourth-order valence-corrected chi connectivity index (χ4v) is 2.57. The number of hydrogen-bond donors (Lipinski definition) is 2. The minimum absolute atomic E-state index is 0.0271. The molecule has 1 aliphatic heterocycles. The van der Waals surface area contributed by atoms with E-state index in [0.717, 1.165) is 17.7 Å². The highest BCUT2D eigenvalue weighted by Gasteiger charge is 2.30. The molecule has 21 heavy (non-hydrogen) atoms. The molecule has 1 aliphatic rings. The van der Waals surface area contributed by atoms with E-state index in [1.54, 1.807) is 11.9 Å². The van der Waals surface area contributed by atoms with Gasteiger partial charge in [0.05, 0.1) is 6.04 Å². The molecule has 1 aromatic carbocycles. The van der Waals surface area contributed by atoms with Gasteiger partial charge in [0.2, 0.25) is 11.8 Å². The van der Waals surface area contributed by atoms with Crippen molar-refractivity contribution in [2.75, 3.05) is 18.5 Å². The van der Waals surface area contributed by atoms with Gasteiger partial charge in [-0.3, -0.25) is 14.9 Å². The highest BCUT2D eigenvalue weighted by Crippen LogP contribution is 2.33. The normalized spacial score (nSPS) is 19.1. The van der Waals surface area contributed by atoms with E-state index in [4.69, 9.17) is 0 Å². The summed E-state index contributed by atoms with van der Waals surface area (Å²) in [5.41, 5.74) is 1.97. The van der Waals surface area contributed by atoms with Crippen molar-refractivity contribution in [2.45, 2.75) is 38.8 Å². The predicted molar refractivity (Wildman–Crippen MR) is 83.1 cm³/mol. The Kier molecular flexibility index (Phi) is 4.96.